The van der Waals surface area contributed by atoms with Crippen LogP contribution >= 0.6 is 0 Å². The van der Waals surface area contributed by atoms with Gasteiger partial charge in [0.05, 0.1) is 6.61 Å². The van der Waals surface area contributed by atoms with Crippen LogP contribution in [0.4, 0.5) is 0 Å². The largest absolute Gasteiger partial charge is 0.395 e. The molecule has 1 atom stereocenters. The lowest BCUT2D eigenvalue weighted by molar-refractivity contribution is 0.189. The number of aliphatic hydroxyl groups excluding tert-OH is 1. The van der Waals surface area contributed by atoms with Crippen LogP contribution in [0.1, 0.15) is 33.1 Å². The fourth-order valence-electron chi connectivity index (χ4n) is 2.44. The van der Waals surface area contributed by atoms with Gasteiger partial charge in [0.2, 0.25) is 0 Å². The predicted molar refractivity (Wildman–Crippen MR) is 61.9 cm³/mol. The quantitative estimate of drug-likeness (QED) is 0.708. The van der Waals surface area contributed by atoms with Crippen molar-refractivity contribution in [3.63, 3.8) is 0 Å². The van der Waals surface area contributed by atoms with E-state index < -0.39 is 0 Å². The second-order valence-electron chi connectivity index (χ2n) is 5.97. The summed E-state index contributed by atoms with van der Waals surface area (Å²) in [5.41, 5.74) is 0.472. The van der Waals surface area contributed by atoms with Crippen LogP contribution in [0.2, 0.25) is 0 Å². The average molecular weight is 212 g/mol. The minimum Gasteiger partial charge on any atom is -0.395 e. The topological polar surface area (TPSA) is 35.5 Å². The van der Waals surface area contributed by atoms with E-state index in [1.807, 2.05) is 0 Å². The number of hydrogen-bond acceptors (Lipinski definition) is 3. The highest BCUT2D eigenvalue weighted by Gasteiger charge is 2.31. The summed E-state index contributed by atoms with van der Waals surface area (Å²) in [6.07, 6.45) is 3.87. The van der Waals surface area contributed by atoms with E-state index in [9.17, 15) is 5.11 Å². The first-order valence-corrected chi connectivity index (χ1v) is 6.18. The number of nitrogens with one attached hydrogen (secondary N) is 1. The molecule has 2 rings (SSSR count). The third kappa shape index (κ3) is 3.44. The first-order valence-electron chi connectivity index (χ1n) is 6.18. The molecule has 0 radical (unpaired) electrons. The van der Waals surface area contributed by atoms with Crippen molar-refractivity contribution in [1.29, 1.82) is 0 Å². The van der Waals surface area contributed by atoms with Crippen molar-refractivity contribution >= 4 is 0 Å². The maximum atomic E-state index is 9.30. The van der Waals surface area contributed by atoms with Crippen LogP contribution in [0.3, 0.4) is 0 Å². The predicted octanol–water partition coefficient (Wildman–Crippen LogP) is 0.831. The van der Waals surface area contributed by atoms with Gasteiger partial charge in [0.15, 0.2) is 0 Å². The molecule has 1 saturated heterocycles. The van der Waals surface area contributed by atoms with Crippen molar-refractivity contribution < 1.29 is 5.11 Å². The molecule has 3 nitrogen and oxygen atoms in total. The van der Waals surface area contributed by atoms with Crippen LogP contribution < -0.4 is 5.32 Å². The summed E-state index contributed by atoms with van der Waals surface area (Å²) >= 11 is 0. The van der Waals surface area contributed by atoms with Crippen molar-refractivity contribution in [3.05, 3.63) is 0 Å². The Balaban J connectivity index is 1.74. The number of likely N-dealkylation sites (tertiary alicyclic amines) is 1. The van der Waals surface area contributed by atoms with Gasteiger partial charge in [0, 0.05) is 25.2 Å². The van der Waals surface area contributed by atoms with Crippen LogP contribution in [0.15, 0.2) is 0 Å². The fraction of sp³-hybridized carbons (Fsp3) is 1.00. The summed E-state index contributed by atoms with van der Waals surface area (Å²) in [5, 5.41) is 12.8. The Morgan fingerprint density at radius 3 is 2.67 bits per heavy atom. The SMILES string of the molecule is CC1(C)CCN(CC(CO)NC2CC2)C1. The molecule has 1 aliphatic heterocycles. The van der Waals surface area contributed by atoms with Crippen molar-refractivity contribution in [2.75, 3.05) is 26.2 Å². The lowest BCUT2D eigenvalue weighted by atomic mass is 9.93. The van der Waals surface area contributed by atoms with Gasteiger partial charge in [-0.05, 0) is 31.2 Å². The van der Waals surface area contributed by atoms with Crippen molar-refractivity contribution in [2.45, 2.75) is 45.2 Å². The molecule has 2 fully saturated rings. The lowest BCUT2D eigenvalue weighted by Gasteiger charge is -2.24. The highest BCUT2D eigenvalue weighted by molar-refractivity contribution is 4.89. The van der Waals surface area contributed by atoms with E-state index in [2.05, 4.69) is 24.1 Å². The third-order valence-corrected chi connectivity index (χ3v) is 3.50. The van der Waals surface area contributed by atoms with Gasteiger partial charge in [-0.3, -0.25) is 0 Å². The molecule has 2 N–H and O–H groups in total. The van der Waals surface area contributed by atoms with Crippen molar-refractivity contribution in [1.82, 2.24) is 10.2 Å². The van der Waals surface area contributed by atoms with Crippen LogP contribution in [-0.2, 0) is 0 Å². The lowest BCUT2D eigenvalue weighted by Crippen LogP contribution is -2.44. The molecule has 15 heavy (non-hydrogen) atoms. The smallest absolute Gasteiger partial charge is 0.0597 e. The third-order valence-electron chi connectivity index (χ3n) is 3.50. The zero-order valence-electron chi connectivity index (χ0n) is 10.00. The van der Waals surface area contributed by atoms with Crippen LogP contribution in [0.5, 0.6) is 0 Å². The molecule has 0 aromatic rings. The van der Waals surface area contributed by atoms with E-state index >= 15 is 0 Å². The van der Waals surface area contributed by atoms with E-state index in [1.54, 1.807) is 0 Å². The molecule has 3 heteroatoms. The fourth-order valence-corrected chi connectivity index (χ4v) is 2.44. The molecule has 1 unspecified atom stereocenters. The monoisotopic (exact) mass is 212 g/mol. The molecule has 0 bridgehead atoms. The highest BCUT2D eigenvalue weighted by atomic mass is 16.3. The molecule has 1 aliphatic carbocycles. The first kappa shape index (κ1) is 11.4. The van der Waals surface area contributed by atoms with E-state index in [4.69, 9.17) is 0 Å². The summed E-state index contributed by atoms with van der Waals surface area (Å²) in [6, 6.07) is 0.976. The summed E-state index contributed by atoms with van der Waals surface area (Å²) in [6.45, 7) is 8.31. The van der Waals surface area contributed by atoms with E-state index in [0.29, 0.717) is 11.5 Å². The summed E-state index contributed by atoms with van der Waals surface area (Å²) in [7, 11) is 0. The normalized spacial score (nSPS) is 28.2. The van der Waals surface area contributed by atoms with Crippen LogP contribution in [0, 0.1) is 5.41 Å². The maximum absolute atomic E-state index is 9.30. The van der Waals surface area contributed by atoms with Gasteiger partial charge in [0.1, 0.15) is 0 Å². The van der Waals surface area contributed by atoms with Gasteiger partial charge in [-0.1, -0.05) is 13.8 Å². The average Bonchev–Trinajstić information content (AvgIpc) is 2.91. The zero-order chi connectivity index (χ0) is 10.9. The minimum atomic E-state index is 0.271. The molecule has 1 saturated carbocycles. The second-order valence-corrected chi connectivity index (χ2v) is 5.97. The maximum Gasteiger partial charge on any atom is 0.0597 e. The Labute approximate surface area is 92.8 Å². The first-order chi connectivity index (χ1) is 7.09. The standard InChI is InChI=1S/C12H24N2O/c1-12(2)5-6-14(9-12)7-11(8-15)13-10-3-4-10/h10-11,13,15H,3-9H2,1-2H3. The minimum absolute atomic E-state index is 0.271. The Kier molecular flexibility index (Phi) is 3.33. The zero-order valence-corrected chi connectivity index (χ0v) is 10.00. The molecular weight excluding hydrogens is 188 g/mol. The molecule has 1 heterocycles. The van der Waals surface area contributed by atoms with Gasteiger partial charge in [-0.2, -0.15) is 0 Å². The molecule has 0 aromatic carbocycles. The Bertz CT molecular complexity index is 214. The molecule has 88 valence electrons. The number of aliphatic hydroxyl groups is 1. The van der Waals surface area contributed by atoms with Crippen molar-refractivity contribution in [2.24, 2.45) is 5.41 Å². The number of rotatable bonds is 5. The van der Waals surface area contributed by atoms with Crippen LogP contribution in [-0.4, -0.2) is 48.3 Å². The second kappa shape index (κ2) is 4.40. The Morgan fingerprint density at radius 1 is 1.47 bits per heavy atom. The van der Waals surface area contributed by atoms with Crippen molar-refractivity contribution in [3.8, 4) is 0 Å². The summed E-state index contributed by atoms with van der Waals surface area (Å²) in [4.78, 5) is 2.48. The highest BCUT2D eigenvalue weighted by Crippen LogP contribution is 2.28. The van der Waals surface area contributed by atoms with Gasteiger partial charge < -0.3 is 15.3 Å². The summed E-state index contributed by atoms with van der Waals surface area (Å²) in [5.74, 6) is 0. The van der Waals surface area contributed by atoms with E-state index in [1.165, 1.54) is 32.4 Å². The molecule has 0 amide bonds. The molecular formula is C12H24N2O. The summed E-state index contributed by atoms with van der Waals surface area (Å²) < 4.78 is 0. The number of hydrogen-bond donors (Lipinski definition) is 2. The molecule has 2 aliphatic rings. The van der Waals surface area contributed by atoms with Gasteiger partial charge in [-0.25, -0.2) is 0 Å². The van der Waals surface area contributed by atoms with Gasteiger partial charge >= 0.3 is 0 Å². The van der Waals surface area contributed by atoms with Gasteiger partial charge in [-0.15, -0.1) is 0 Å². The van der Waals surface area contributed by atoms with Gasteiger partial charge in [0.25, 0.3) is 0 Å². The molecule has 0 aromatic heterocycles. The number of nitrogens with zero attached hydrogens (tertiary/aromatic N) is 1. The molecule has 0 spiro atoms. The Hall–Kier alpha value is -0.120. The van der Waals surface area contributed by atoms with Crippen LogP contribution in [0.25, 0.3) is 0 Å². The Morgan fingerprint density at radius 2 is 2.20 bits per heavy atom. The van der Waals surface area contributed by atoms with E-state index in [0.717, 1.165) is 6.54 Å². The van der Waals surface area contributed by atoms with E-state index in [-0.39, 0.29) is 12.6 Å².